The Kier molecular flexibility index (Phi) is 5.13. The van der Waals surface area contributed by atoms with Crippen LogP contribution in [-0.2, 0) is 0 Å². The van der Waals surface area contributed by atoms with Gasteiger partial charge in [0.1, 0.15) is 11.3 Å². The molecular formula is C19H23NO3. The van der Waals surface area contributed by atoms with Crippen LogP contribution in [0.2, 0.25) is 0 Å². The van der Waals surface area contributed by atoms with Crippen molar-refractivity contribution in [2.45, 2.75) is 25.7 Å². The summed E-state index contributed by atoms with van der Waals surface area (Å²) in [5.74, 6) is -0.475. The fraction of sp³-hybridized carbons (Fsp3) is 0.421. The number of carboxylic acids is 1. The maximum atomic E-state index is 11.5. The van der Waals surface area contributed by atoms with E-state index in [1.807, 2.05) is 30.3 Å². The first kappa shape index (κ1) is 15.8. The van der Waals surface area contributed by atoms with Crippen molar-refractivity contribution in [2.24, 2.45) is 0 Å². The molecule has 122 valence electrons. The number of ether oxygens (including phenoxy) is 1. The highest BCUT2D eigenvalue weighted by atomic mass is 16.5. The number of hydrogen-bond acceptors (Lipinski definition) is 3. The van der Waals surface area contributed by atoms with Crippen molar-refractivity contribution in [3.8, 4) is 5.75 Å². The lowest BCUT2D eigenvalue weighted by atomic mass is 10.1. The number of hydrogen-bond donors (Lipinski definition) is 1. The van der Waals surface area contributed by atoms with Gasteiger partial charge in [0.15, 0.2) is 0 Å². The van der Waals surface area contributed by atoms with Gasteiger partial charge >= 0.3 is 5.97 Å². The molecule has 0 unspecified atom stereocenters. The quantitative estimate of drug-likeness (QED) is 0.824. The van der Waals surface area contributed by atoms with Gasteiger partial charge in [-0.2, -0.15) is 0 Å². The average Bonchev–Trinajstić information content (AvgIpc) is 2.59. The Balaban J connectivity index is 1.64. The molecule has 1 fully saturated rings. The molecule has 1 aliphatic rings. The molecule has 0 atom stereocenters. The second-order valence-electron chi connectivity index (χ2n) is 6.10. The summed E-state index contributed by atoms with van der Waals surface area (Å²) >= 11 is 0. The third-order valence-electron chi connectivity index (χ3n) is 4.40. The Hall–Kier alpha value is -2.07. The van der Waals surface area contributed by atoms with E-state index in [0.717, 1.165) is 23.7 Å². The molecule has 0 spiro atoms. The minimum absolute atomic E-state index is 0.238. The molecule has 3 rings (SSSR count). The van der Waals surface area contributed by atoms with Crippen LogP contribution >= 0.6 is 0 Å². The summed E-state index contributed by atoms with van der Waals surface area (Å²) in [6.45, 7) is 3.93. The van der Waals surface area contributed by atoms with Crippen molar-refractivity contribution >= 4 is 16.7 Å². The Labute approximate surface area is 136 Å². The number of piperidine rings is 1. The van der Waals surface area contributed by atoms with Gasteiger partial charge < -0.3 is 14.7 Å². The molecule has 0 bridgehead atoms. The van der Waals surface area contributed by atoms with Crippen molar-refractivity contribution in [3.63, 3.8) is 0 Å². The Morgan fingerprint density at radius 1 is 1.09 bits per heavy atom. The van der Waals surface area contributed by atoms with Crippen molar-refractivity contribution in [3.05, 3.63) is 42.0 Å². The lowest BCUT2D eigenvalue weighted by Crippen LogP contribution is -2.31. The smallest absolute Gasteiger partial charge is 0.339 e. The molecule has 23 heavy (non-hydrogen) atoms. The van der Waals surface area contributed by atoms with E-state index in [0.29, 0.717) is 12.4 Å². The molecule has 0 saturated carbocycles. The number of aromatic carboxylic acids is 1. The fourth-order valence-corrected chi connectivity index (χ4v) is 3.16. The molecule has 0 aromatic heterocycles. The predicted octanol–water partition coefficient (Wildman–Crippen LogP) is 3.79. The number of likely N-dealkylation sites (tertiary alicyclic amines) is 1. The van der Waals surface area contributed by atoms with E-state index >= 15 is 0 Å². The molecule has 4 heteroatoms. The Morgan fingerprint density at radius 3 is 2.48 bits per heavy atom. The molecule has 4 nitrogen and oxygen atoms in total. The van der Waals surface area contributed by atoms with Gasteiger partial charge in [0.25, 0.3) is 0 Å². The molecule has 0 radical (unpaired) electrons. The zero-order valence-corrected chi connectivity index (χ0v) is 13.3. The molecule has 0 aliphatic carbocycles. The fourth-order valence-electron chi connectivity index (χ4n) is 3.16. The van der Waals surface area contributed by atoms with Crippen LogP contribution in [0.15, 0.2) is 36.4 Å². The lowest BCUT2D eigenvalue weighted by Gasteiger charge is -2.26. The van der Waals surface area contributed by atoms with Crippen LogP contribution in [0.1, 0.15) is 36.0 Å². The van der Waals surface area contributed by atoms with Crippen molar-refractivity contribution in [2.75, 3.05) is 26.2 Å². The van der Waals surface area contributed by atoms with Gasteiger partial charge in [-0.05, 0) is 55.3 Å². The number of carboxylic acid groups (broad SMARTS) is 1. The number of rotatable bonds is 6. The number of carbonyl (C=O) groups is 1. The van der Waals surface area contributed by atoms with Crippen molar-refractivity contribution in [1.29, 1.82) is 0 Å². The third kappa shape index (κ3) is 4.02. The van der Waals surface area contributed by atoms with Crippen molar-refractivity contribution in [1.82, 2.24) is 4.90 Å². The van der Waals surface area contributed by atoms with Gasteiger partial charge in [-0.1, -0.05) is 30.7 Å². The monoisotopic (exact) mass is 313 g/mol. The molecular weight excluding hydrogens is 290 g/mol. The highest BCUT2D eigenvalue weighted by molar-refractivity contribution is 5.97. The summed E-state index contributed by atoms with van der Waals surface area (Å²) in [6.07, 6.45) is 4.83. The highest BCUT2D eigenvalue weighted by Gasteiger charge is 2.13. The Morgan fingerprint density at radius 2 is 1.78 bits per heavy atom. The van der Waals surface area contributed by atoms with Crippen LogP contribution in [0.4, 0.5) is 0 Å². The van der Waals surface area contributed by atoms with E-state index < -0.39 is 5.97 Å². The summed E-state index contributed by atoms with van der Waals surface area (Å²) in [6, 6.07) is 11.3. The second kappa shape index (κ2) is 7.47. The summed E-state index contributed by atoms with van der Waals surface area (Å²) in [7, 11) is 0. The van der Waals surface area contributed by atoms with Crippen LogP contribution in [0.5, 0.6) is 5.75 Å². The first-order chi connectivity index (χ1) is 11.2. The van der Waals surface area contributed by atoms with Crippen LogP contribution in [0.3, 0.4) is 0 Å². The van der Waals surface area contributed by atoms with E-state index in [1.165, 1.54) is 32.4 Å². The first-order valence-electron chi connectivity index (χ1n) is 8.35. The zero-order chi connectivity index (χ0) is 16.1. The molecule has 0 amide bonds. The van der Waals surface area contributed by atoms with Crippen molar-refractivity contribution < 1.29 is 14.6 Å². The Bertz CT molecular complexity index is 677. The van der Waals surface area contributed by atoms with E-state index in [-0.39, 0.29) is 5.56 Å². The number of benzene rings is 2. The lowest BCUT2D eigenvalue weighted by molar-refractivity contribution is 0.0692. The SMILES string of the molecule is O=C(O)c1cc2ccccc2cc1OCCCN1CCCCC1. The van der Waals surface area contributed by atoms with Crippen LogP contribution < -0.4 is 4.74 Å². The van der Waals surface area contributed by atoms with Crippen LogP contribution in [0.25, 0.3) is 10.8 Å². The van der Waals surface area contributed by atoms with E-state index in [9.17, 15) is 9.90 Å². The van der Waals surface area contributed by atoms with Gasteiger partial charge in [-0.15, -0.1) is 0 Å². The third-order valence-corrected chi connectivity index (χ3v) is 4.40. The van der Waals surface area contributed by atoms with Gasteiger partial charge in [0.05, 0.1) is 6.61 Å². The topological polar surface area (TPSA) is 49.8 Å². The zero-order valence-electron chi connectivity index (χ0n) is 13.3. The molecule has 1 N–H and O–H groups in total. The van der Waals surface area contributed by atoms with Gasteiger partial charge in [0.2, 0.25) is 0 Å². The summed E-state index contributed by atoms with van der Waals surface area (Å²) in [4.78, 5) is 13.9. The van der Waals surface area contributed by atoms with Crippen LogP contribution in [0, 0.1) is 0 Å². The first-order valence-corrected chi connectivity index (χ1v) is 8.35. The normalized spacial score (nSPS) is 15.7. The molecule has 2 aromatic carbocycles. The van der Waals surface area contributed by atoms with Gasteiger partial charge in [-0.3, -0.25) is 0 Å². The minimum Gasteiger partial charge on any atom is -0.493 e. The standard InChI is InChI=1S/C19H23NO3/c21-19(22)17-13-15-7-2-3-8-16(15)14-18(17)23-12-6-11-20-9-4-1-5-10-20/h2-3,7-8,13-14H,1,4-6,9-12H2,(H,21,22). The molecule has 1 saturated heterocycles. The largest absolute Gasteiger partial charge is 0.493 e. The minimum atomic E-state index is -0.943. The molecule has 1 heterocycles. The molecule has 2 aromatic rings. The number of fused-ring (bicyclic) bond motifs is 1. The summed E-state index contributed by atoms with van der Waals surface area (Å²) < 4.78 is 5.79. The van der Waals surface area contributed by atoms with Gasteiger partial charge in [0, 0.05) is 6.54 Å². The van der Waals surface area contributed by atoms with E-state index in [2.05, 4.69) is 4.90 Å². The van der Waals surface area contributed by atoms with Gasteiger partial charge in [-0.25, -0.2) is 4.79 Å². The molecule has 1 aliphatic heterocycles. The average molecular weight is 313 g/mol. The predicted molar refractivity (Wildman–Crippen MR) is 91.3 cm³/mol. The van der Waals surface area contributed by atoms with Crippen LogP contribution in [-0.4, -0.2) is 42.2 Å². The second-order valence-corrected chi connectivity index (χ2v) is 6.10. The van der Waals surface area contributed by atoms with E-state index in [1.54, 1.807) is 6.07 Å². The maximum absolute atomic E-state index is 11.5. The summed E-state index contributed by atoms with van der Waals surface area (Å²) in [5.41, 5.74) is 0.238. The highest BCUT2D eigenvalue weighted by Crippen LogP contribution is 2.26. The summed E-state index contributed by atoms with van der Waals surface area (Å²) in [5, 5.41) is 11.3. The number of nitrogens with zero attached hydrogens (tertiary/aromatic N) is 1. The van der Waals surface area contributed by atoms with E-state index in [4.69, 9.17) is 4.74 Å². The maximum Gasteiger partial charge on any atom is 0.339 e.